The van der Waals surface area contributed by atoms with Gasteiger partial charge >= 0.3 is 0 Å². The van der Waals surface area contributed by atoms with E-state index in [0.29, 0.717) is 0 Å². The largest absolute Gasteiger partial charge is 0.389 e. The van der Waals surface area contributed by atoms with Crippen molar-refractivity contribution in [2.45, 2.75) is 19.6 Å². The molecule has 0 aliphatic carbocycles. The molecule has 2 aromatic rings. The van der Waals surface area contributed by atoms with Crippen molar-refractivity contribution < 1.29 is 5.11 Å². The summed E-state index contributed by atoms with van der Waals surface area (Å²) in [6.07, 6.45) is 1.35. The maximum atomic E-state index is 9.57. The number of aromatic nitrogens is 1. The van der Waals surface area contributed by atoms with Crippen LogP contribution in [-0.4, -0.2) is 17.1 Å². The summed E-state index contributed by atoms with van der Waals surface area (Å²) in [6, 6.07) is 11.8. The van der Waals surface area contributed by atoms with Crippen molar-refractivity contribution >= 4 is 21.6 Å². The first-order valence-corrected chi connectivity index (χ1v) is 6.96. The number of hydrogen-bond acceptors (Lipinski definition) is 3. The molecule has 0 radical (unpaired) electrons. The molecule has 1 aromatic heterocycles. The summed E-state index contributed by atoms with van der Waals surface area (Å²) in [7, 11) is 2.02. The van der Waals surface area contributed by atoms with Crippen molar-refractivity contribution in [1.29, 1.82) is 0 Å². The van der Waals surface area contributed by atoms with Gasteiger partial charge in [-0.05, 0) is 52.7 Å². The van der Waals surface area contributed by atoms with Crippen molar-refractivity contribution in [2.24, 2.45) is 0 Å². The summed E-state index contributed by atoms with van der Waals surface area (Å²) in [5.74, 6) is 0. The molecule has 0 saturated heterocycles. The zero-order valence-corrected chi connectivity index (χ0v) is 12.6. The number of anilines is 1. The van der Waals surface area contributed by atoms with E-state index in [2.05, 4.69) is 25.8 Å². The molecule has 0 bridgehead atoms. The van der Waals surface area contributed by atoms with Crippen LogP contribution < -0.4 is 4.90 Å². The summed E-state index contributed by atoms with van der Waals surface area (Å²) in [5.41, 5.74) is 3.01. The first-order valence-electron chi connectivity index (χ1n) is 6.16. The lowest BCUT2D eigenvalue weighted by molar-refractivity contribution is 0.199. The molecule has 0 fully saturated rings. The molecule has 100 valence electrons. The fraction of sp³-hybridized carbons (Fsp3) is 0.267. The van der Waals surface area contributed by atoms with Crippen LogP contribution in [0, 0.1) is 0 Å². The molecular weight excluding hydrogens is 304 g/mol. The van der Waals surface area contributed by atoms with E-state index in [9.17, 15) is 5.11 Å². The fourth-order valence-electron chi connectivity index (χ4n) is 1.91. The Morgan fingerprint density at radius 1 is 1.32 bits per heavy atom. The standard InChI is InChI=1S/C15H17BrN2O/c1-11(19)12-6-7-15(14(16)9-12)18(2)10-13-5-3-4-8-17-13/h3-9,11,19H,10H2,1-2H3. The molecule has 0 aliphatic rings. The van der Waals surface area contributed by atoms with Crippen LogP contribution in [0.25, 0.3) is 0 Å². The summed E-state index contributed by atoms with van der Waals surface area (Å²) in [6.45, 7) is 2.51. The average molecular weight is 321 g/mol. The van der Waals surface area contributed by atoms with E-state index in [-0.39, 0.29) is 0 Å². The van der Waals surface area contributed by atoms with Gasteiger partial charge in [-0.15, -0.1) is 0 Å². The Bertz CT molecular complexity index is 543. The van der Waals surface area contributed by atoms with E-state index < -0.39 is 6.10 Å². The van der Waals surface area contributed by atoms with Gasteiger partial charge in [-0.3, -0.25) is 4.98 Å². The van der Waals surface area contributed by atoms with E-state index in [1.165, 1.54) is 0 Å². The number of hydrogen-bond donors (Lipinski definition) is 1. The Balaban J connectivity index is 2.17. The van der Waals surface area contributed by atoms with Crippen LogP contribution in [0.1, 0.15) is 24.3 Å². The third-order valence-electron chi connectivity index (χ3n) is 2.99. The predicted octanol–water partition coefficient (Wildman–Crippen LogP) is 3.53. The van der Waals surface area contributed by atoms with Crippen LogP contribution >= 0.6 is 15.9 Å². The number of benzene rings is 1. The monoisotopic (exact) mass is 320 g/mol. The molecule has 4 heteroatoms. The van der Waals surface area contributed by atoms with Gasteiger partial charge in [-0.2, -0.15) is 0 Å². The minimum Gasteiger partial charge on any atom is -0.389 e. The molecule has 19 heavy (non-hydrogen) atoms. The normalized spacial score (nSPS) is 12.2. The van der Waals surface area contributed by atoms with Gasteiger partial charge in [0.15, 0.2) is 0 Å². The zero-order chi connectivity index (χ0) is 13.8. The smallest absolute Gasteiger partial charge is 0.0762 e. The van der Waals surface area contributed by atoms with Gasteiger partial charge in [0.05, 0.1) is 24.0 Å². The maximum Gasteiger partial charge on any atom is 0.0762 e. The van der Waals surface area contributed by atoms with E-state index in [1.807, 2.05) is 43.4 Å². The Morgan fingerprint density at radius 3 is 2.68 bits per heavy atom. The van der Waals surface area contributed by atoms with E-state index in [0.717, 1.165) is 28.0 Å². The van der Waals surface area contributed by atoms with Crippen molar-refractivity contribution in [3.8, 4) is 0 Å². The minimum atomic E-state index is -0.452. The van der Waals surface area contributed by atoms with Crippen LogP contribution in [-0.2, 0) is 6.54 Å². The van der Waals surface area contributed by atoms with E-state index >= 15 is 0 Å². The van der Waals surface area contributed by atoms with Gasteiger partial charge in [0.25, 0.3) is 0 Å². The predicted molar refractivity (Wildman–Crippen MR) is 81.1 cm³/mol. The summed E-state index contributed by atoms with van der Waals surface area (Å²) in [5, 5.41) is 9.57. The highest BCUT2D eigenvalue weighted by Crippen LogP contribution is 2.29. The topological polar surface area (TPSA) is 36.4 Å². The average Bonchev–Trinajstić information content (AvgIpc) is 2.39. The Kier molecular flexibility index (Phi) is 4.56. The van der Waals surface area contributed by atoms with Crippen molar-refractivity contribution in [3.05, 3.63) is 58.3 Å². The molecule has 0 amide bonds. The second kappa shape index (κ2) is 6.17. The second-order valence-electron chi connectivity index (χ2n) is 4.56. The molecule has 3 nitrogen and oxygen atoms in total. The van der Waals surface area contributed by atoms with Crippen molar-refractivity contribution in [3.63, 3.8) is 0 Å². The molecule has 1 aromatic carbocycles. The SMILES string of the molecule is CC(O)c1ccc(N(C)Cc2ccccn2)c(Br)c1. The number of rotatable bonds is 4. The number of pyridine rings is 1. The molecule has 1 heterocycles. The number of aliphatic hydroxyl groups excluding tert-OH is 1. The van der Waals surface area contributed by atoms with Crippen LogP contribution in [0.2, 0.25) is 0 Å². The first-order chi connectivity index (χ1) is 9.08. The fourth-order valence-corrected chi connectivity index (χ4v) is 2.61. The Hall–Kier alpha value is -1.39. The molecule has 0 saturated carbocycles. The molecule has 0 aliphatic heterocycles. The lowest BCUT2D eigenvalue weighted by atomic mass is 10.1. The van der Waals surface area contributed by atoms with E-state index in [4.69, 9.17) is 0 Å². The van der Waals surface area contributed by atoms with Crippen LogP contribution in [0.15, 0.2) is 47.1 Å². The molecule has 2 rings (SSSR count). The van der Waals surface area contributed by atoms with Gasteiger partial charge in [0.2, 0.25) is 0 Å². The third kappa shape index (κ3) is 3.55. The Labute approximate surface area is 122 Å². The summed E-state index contributed by atoms with van der Waals surface area (Å²) >= 11 is 3.56. The molecule has 1 N–H and O–H groups in total. The molecule has 0 spiro atoms. The number of halogens is 1. The van der Waals surface area contributed by atoms with Gasteiger partial charge in [-0.1, -0.05) is 12.1 Å². The highest BCUT2D eigenvalue weighted by Gasteiger charge is 2.09. The maximum absolute atomic E-state index is 9.57. The van der Waals surface area contributed by atoms with Gasteiger partial charge in [-0.25, -0.2) is 0 Å². The minimum absolute atomic E-state index is 0.452. The van der Waals surface area contributed by atoms with Crippen LogP contribution in [0.4, 0.5) is 5.69 Å². The van der Waals surface area contributed by atoms with Crippen molar-refractivity contribution in [2.75, 3.05) is 11.9 Å². The summed E-state index contributed by atoms with van der Waals surface area (Å²) in [4.78, 5) is 6.45. The molecule has 1 atom stereocenters. The highest BCUT2D eigenvalue weighted by molar-refractivity contribution is 9.10. The third-order valence-corrected chi connectivity index (χ3v) is 3.63. The van der Waals surface area contributed by atoms with Gasteiger partial charge in [0.1, 0.15) is 0 Å². The van der Waals surface area contributed by atoms with E-state index in [1.54, 1.807) is 13.1 Å². The summed E-state index contributed by atoms with van der Waals surface area (Å²) < 4.78 is 0.976. The lowest BCUT2D eigenvalue weighted by Gasteiger charge is -2.21. The number of nitrogens with zero attached hydrogens (tertiary/aromatic N) is 2. The first kappa shape index (κ1) is 14.0. The Morgan fingerprint density at radius 2 is 2.11 bits per heavy atom. The lowest BCUT2D eigenvalue weighted by Crippen LogP contribution is -2.17. The molecule has 1 unspecified atom stereocenters. The van der Waals surface area contributed by atoms with Crippen LogP contribution in [0.5, 0.6) is 0 Å². The van der Waals surface area contributed by atoms with Crippen LogP contribution in [0.3, 0.4) is 0 Å². The zero-order valence-electron chi connectivity index (χ0n) is 11.0. The van der Waals surface area contributed by atoms with Gasteiger partial charge in [0, 0.05) is 17.7 Å². The highest BCUT2D eigenvalue weighted by atomic mass is 79.9. The quantitative estimate of drug-likeness (QED) is 0.936. The molecular formula is C15H17BrN2O. The van der Waals surface area contributed by atoms with Gasteiger partial charge < -0.3 is 10.0 Å². The van der Waals surface area contributed by atoms with Crippen molar-refractivity contribution in [1.82, 2.24) is 4.98 Å². The second-order valence-corrected chi connectivity index (χ2v) is 5.42. The number of aliphatic hydroxyl groups is 1.